The molecule has 3 heteroatoms. The molecule has 1 unspecified atom stereocenters. The van der Waals surface area contributed by atoms with E-state index in [-0.39, 0.29) is 12.1 Å². The lowest BCUT2D eigenvalue weighted by atomic mass is 9.97. The van der Waals surface area contributed by atoms with Crippen molar-refractivity contribution in [3.05, 3.63) is 35.9 Å². The van der Waals surface area contributed by atoms with Gasteiger partial charge in [-0.25, -0.2) is 0 Å². The molecule has 0 aliphatic carbocycles. The molecule has 3 nitrogen and oxygen atoms in total. The van der Waals surface area contributed by atoms with Crippen molar-refractivity contribution in [2.75, 3.05) is 26.7 Å². The summed E-state index contributed by atoms with van der Waals surface area (Å²) in [5, 5.41) is 13.0. The molecule has 0 spiro atoms. The van der Waals surface area contributed by atoms with Gasteiger partial charge in [-0.1, -0.05) is 44.2 Å². The molecule has 0 aromatic heterocycles. The first-order chi connectivity index (χ1) is 9.45. The van der Waals surface area contributed by atoms with Crippen LogP contribution in [0.15, 0.2) is 30.3 Å². The number of hydrogen-bond donors (Lipinski definition) is 2. The summed E-state index contributed by atoms with van der Waals surface area (Å²) >= 11 is 0. The summed E-state index contributed by atoms with van der Waals surface area (Å²) in [4.78, 5) is 2.34. The Bertz CT molecular complexity index is 367. The Hall–Kier alpha value is -0.900. The van der Waals surface area contributed by atoms with Gasteiger partial charge in [-0.15, -0.1) is 0 Å². The van der Waals surface area contributed by atoms with Crippen molar-refractivity contribution in [2.45, 2.75) is 45.2 Å². The van der Waals surface area contributed by atoms with Crippen LogP contribution in [0.4, 0.5) is 0 Å². The molecule has 0 saturated carbocycles. The van der Waals surface area contributed by atoms with Gasteiger partial charge >= 0.3 is 0 Å². The molecular formula is C17H30N2O. The largest absolute Gasteiger partial charge is 0.394 e. The molecule has 0 bridgehead atoms. The van der Waals surface area contributed by atoms with Crippen LogP contribution in [0.1, 0.15) is 32.8 Å². The second-order valence-corrected chi connectivity index (χ2v) is 6.31. The number of aliphatic hydroxyl groups excluding tert-OH is 1. The molecule has 0 amide bonds. The third-order valence-electron chi connectivity index (χ3n) is 3.66. The average molecular weight is 278 g/mol. The third-order valence-corrected chi connectivity index (χ3v) is 3.66. The van der Waals surface area contributed by atoms with Gasteiger partial charge in [0.1, 0.15) is 0 Å². The zero-order valence-corrected chi connectivity index (χ0v) is 13.4. The quantitative estimate of drug-likeness (QED) is 0.727. The molecule has 1 aromatic rings. The molecule has 0 aliphatic heterocycles. The Morgan fingerprint density at radius 2 is 1.85 bits per heavy atom. The smallest absolute Gasteiger partial charge is 0.0611 e. The van der Waals surface area contributed by atoms with Crippen LogP contribution in [0.25, 0.3) is 0 Å². The van der Waals surface area contributed by atoms with Crippen LogP contribution in [0.2, 0.25) is 0 Å². The number of nitrogens with zero attached hydrogens (tertiary/aromatic N) is 1. The summed E-state index contributed by atoms with van der Waals surface area (Å²) in [6, 6.07) is 11.0. The van der Waals surface area contributed by atoms with Gasteiger partial charge in [-0.3, -0.25) is 0 Å². The first kappa shape index (κ1) is 17.2. The van der Waals surface area contributed by atoms with E-state index in [1.165, 1.54) is 5.56 Å². The van der Waals surface area contributed by atoms with Gasteiger partial charge in [0, 0.05) is 18.1 Å². The summed E-state index contributed by atoms with van der Waals surface area (Å²) in [7, 11) is 2.15. The van der Waals surface area contributed by atoms with E-state index < -0.39 is 0 Å². The summed E-state index contributed by atoms with van der Waals surface area (Å²) in [6.07, 6.45) is 2.03. The van der Waals surface area contributed by atoms with Gasteiger partial charge in [-0.2, -0.15) is 0 Å². The molecule has 1 atom stereocenters. The SMILES string of the molecule is CC(C)NC(C)(CO)CCN(C)CCc1ccccc1. The predicted molar refractivity (Wildman–Crippen MR) is 86.0 cm³/mol. The van der Waals surface area contributed by atoms with Crippen LogP contribution in [-0.2, 0) is 6.42 Å². The van der Waals surface area contributed by atoms with Gasteiger partial charge in [0.2, 0.25) is 0 Å². The molecule has 1 aromatic carbocycles. The van der Waals surface area contributed by atoms with Crippen LogP contribution in [0.3, 0.4) is 0 Å². The van der Waals surface area contributed by atoms with E-state index in [1.54, 1.807) is 0 Å². The van der Waals surface area contributed by atoms with E-state index in [0.29, 0.717) is 6.04 Å². The fourth-order valence-corrected chi connectivity index (χ4v) is 2.41. The van der Waals surface area contributed by atoms with Crippen molar-refractivity contribution in [3.63, 3.8) is 0 Å². The minimum absolute atomic E-state index is 0.178. The molecule has 2 N–H and O–H groups in total. The molecule has 20 heavy (non-hydrogen) atoms. The molecule has 0 aliphatic rings. The summed E-state index contributed by atoms with van der Waals surface area (Å²) in [5.74, 6) is 0. The van der Waals surface area contributed by atoms with Gasteiger partial charge < -0.3 is 15.3 Å². The highest BCUT2D eigenvalue weighted by atomic mass is 16.3. The zero-order valence-electron chi connectivity index (χ0n) is 13.4. The number of rotatable bonds is 9. The lowest BCUT2D eigenvalue weighted by molar-refractivity contribution is 0.143. The Kier molecular flexibility index (Phi) is 7.20. The van der Waals surface area contributed by atoms with E-state index in [1.807, 2.05) is 0 Å². The lowest BCUT2D eigenvalue weighted by Gasteiger charge is -2.33. The molecular weight excluding hydrogens is 248 g/mol. The second-order valence-electron chi connectivity index (χ2n) is 6.31. The van der Waals surface area contributed by atoms with Crippen molar-refractivity contribution >= 4 is 0 Å². The molecule has 1 rings (SSSR count). The fraction of sp³-hybridized carbons (Fsp3) is 0.647. The van der Waals surface area contributed by atoms with Crippen LogP contribution in [0.5, 0.6) is 0 Å². The molecule has 0 saturated heterocycles. The Labute approximate surface area is 124 Å². The monoisotopic (exact) mass is 278 g/mol. The maximum Gasteiger partial charge on any atom is 0.0611 e. The Balaban J connectivity index is 2.33. The number of nitrogens with one attached hydrogen (secondary N) is 1. The number of hydrogen-bond acceptors (Lipinski definition) is 3. The summed E-state index contributed by atoms with van der Waals surface area (Å²) < 4.78 is 0. The van der Waals surface area contributed by atoms with Crippen molar-refractivity contribution < 1.29 is 5.11 Å². The second kappa shape index (κ2) is 8.40. The van der Waals surface area contributed by atoms with Crippen molar-refractivity contribution in [1.29, 1.82) is 0 Å². The van der Waals surface area contributed by atoms with E-state index in [2.05, 4.69) is 68.4 Å². The molecule has 114 valence electrons. The van der Waals surface area contributed by atoms with Gasteiger partial charge in [-0.05, 0) is 38.9 Å². The maximum atomic E-state index is 9.57. The predicted octanol–water partition coefficient (Wildman–Crippen LogP) is 2.30. The lowest BCUT2D eigenvalue weighted by Crippen LogP contribution is -2.50. The third kappa shape index (κ3) is 6.51. The van der Waals surface area contributed by atoms with Crippen LogP contribution < -0.4 is 5.32 Å². The minimum atomic E-state index is -0.185. The molecule has 0 heterocycles. The Morgan fingerprint density at radius 1 is 1.20 bits per heavy atom. The topological polar surface area (TPSA) is 35.5 Å². The zero-order chi connectivity index (χ0) is 15.0. The highest BCUT2D eigenvalue weighted by Crippen LogP contribution is 2.11. The summed E-state index contributed by atoms with van der Waals surface area (Å²) in [6.45, 7) is 8.55. The first-order valence-corrected chi connectivity index (χ1v) is 7.56. The molecule has 0 radical (unpaired) electrons. The van der Waals surface area contributed by atoms with Crippen molar-refractivity contribution in [1.82, 2.24) is 10.2 Å². The van der Waals surface area contributed by atoms with E-state index >= 15 is 0 Å². The van der Waals surface area contributed by atoms with E-state index in [9.17, 15) is 5.11 Å². The van der Waals surface area contributed by atoms with Gasteiger partial charge in [0.15, 0.2) is 0 Å². The van der Waals surface area contributed by atoms with E-state index in [0.717, 1.165) is 25.9 Å². The summed E-state index contributed by atoms with van der Waals surface area (Å²) in [5.41, 5.74) is 1.19. The normalized spacial score (nSPS) is 14.8. The Morgan fingerprint density at radius 3 is 2.40 bits per heavy atom. The maximum absolute atomic E-state index is 9.57. The standard InChI is InChI=1S/C17H30N2O/c1-15(2)18-17(3,14-20)11-13-19(4)12-10-16-8-6-5-7-9-16/h5-9,15,18,20H,10-14H2,1-4H3. The van der Waals surface area contributed by atoms with Crippen molar-refractivity contribution in [2.24, 2.45) is 0 Å². The highest BCUT2D eigenvalue weighted by molar-refractivity contribution is 5.14. The van der Waals surface area contributed by atoms with Crippen LogP contribution >= 0.6 is 0 Å². The van der Waals surface area contributed by atoms with E-state index in [4.69, 9.17) is 0 Å². The minimum Gasteiger partial charge on any atom is -0.394 e. The fourth-order valence-electron chi connectivity index (χ4n) is 2.41. The first-order valence-electron chi connectivity index (χ1n) is 7.56. The van der Waals surface area contributed by atoms with Crippen LogP contribution in [-0.4, -0.2) is 48.3 Å². The number of likely N-dealkylation sites (N-methyl/N-ethyl adjacent to an activating group) is 1. The number of benzene rings is 1. The number of aliphatic hydroxyl groups is 1. The van der Waals surface area contributed by atoms with Crippen LogP contribution in [0, 0.1) is 0 Å². The highest BCUT2D eigenvalue weighted by Gasteiger charge is 2.23. The van der Waals surface area contributed by atoms with Gasteiger partial charge in [0.05, 0.1) is 6.61 Å². The molecule has 0 fully saturated rings. The average Bonchev–Trinajstić information content (AvgIpc) is 2.43. The van der Waals surface area contributed by atoms with Crippen molar-refractivity contribution in [3.8, 4) is 0 Å². The van der Waals surface area contributed by atoms with Gasteiger partial charge in [0.25, 0.3) is 0 Å².